The van der Waals surface area contributed by atoms with Crippen molar-refractivity contribution >= 4 is 16.9 Å². The first-order chi connectivity index (χ1) is 12.8. The summed E-state index contributed by atoms with van der Waals surface area (Å²) in [6.07, 6.45) is 3.16. The molecule has 0 aliphatic carbocycles. The van der Waals surface area contributed by atoms with Gasteiger partial charge in [0.05, 0.1) is 23.6 Å². The van der Waals surface area contributed by atoms with Crippen molar-refractivity contribution in [2.45, 2.75) is 32.0 Å². The Morgan fingerprint density at radius 2 is 2.11 bits per heavy atom. The molecule has 2 heterocycles. The van der Waals surface area contributed by atoms with Crippen LogP contribution in [0, 0.1) is 0 Å². The van der Waals surface area contributed by atoms with Gasteiger partial charge in [0.15, 0.2) is 5.65 Å². The molecule has 8 heteroatoms. The van der Waals surface area contributed by atoms with Crippen LogP contribution in [0.15, 0.2) is 47.8 Å². The number of pyridine rings is 1. The topological polar surface area (TPSA) is 125 Å². The molecule has 0 amide bonds. The van der Waals surface area contributed by atoms with Crippen molar-refractivity contribution in [1.82, 2.24) is 14.8 Å². The van der Waals surface area contributed by atoms with Gasteiger partial charge in [0, 0.05) is 30.7 Å². The van der Waals surface area contributed by atoms with Crippen LogP contribution >= 0.6 is 0 Å². The minimum atomic E-state index is -0.677. The van der Waals surface area contributed by atoms with E-state index in [0.29, 0.717) is 17.6 Å². The molecule has 0 fully saturated rings. The number of nitrogens with zero attached hydrogens (tertiary/aromatic N) is 4. The Morgan fingerprint density at radius 3 is 2.81 bits per heavy atom. The first-order valence-electron chi connectivity index (χ1n) is 8.55. The third-order valence-electron chi connectivity index (χ3n) is 4.58. The number of fused-ring (bicyclic) bond motifs is 1. The molecule has 0 bridgehead atoms. The molecule has 1 atom stereocenters. The Morgan fingerprint density at radius 1 is 1.33 bits per heavy atom. The van der Waals surface area contributed by atoms with E-state index < -0.39 is 11.7 Å². The summed E-state index contributed by atoms with van der Waals surface area (Å²) < 4.78 is 7.10. The van der Waals surface area contributed by atoms with Crippen LogP contribution in [-0.2, 0) is 4.74 Å². The summed E-state index contributed by atoms with van der Waals surface area (Å²) in [5.41, 5.74) is 8.25. The molecule has 2 aromatic heterocycles. The Labute approximate surface area is 157 Å². The number of benzene rings is 1. The minimum absolute atomic E-state index is 0.243. The predicted octanol–water partition coefficient (Wildman–Crippen LogP) is 1.85. The van der Waals surface area contributed by atoms with Gasteiger partial charge in [-0.3, -0.25) is 0 Å². The molecule has 0 radical (unpaired) electrons. The lowest BCUT2D eigenvalue weighted by Crippen LogP contribution is -2.25. The molecule has 0 aliphatic rings. The quantitative estimate of drug-likeness (QED) is 0.264. The fourth-order valence-electron chi connectivity index (χ4n) is 2.85. The van der Waals surface area contributed by atoms with Gasteiger partial charge in [-0.1, -0.05) is 12.1 Å². The molecule has 3 aromatic rings. The highest BCUT2D eigenvalue weighted by Gasteiger charge is 2.23. The summed E-state index contributed by atoms with van der Waals surface area (Å²) in [6, 6.07) is 9.29. The number of ether oxygens (including phenoxy) is 1. The van der Waals surface area contributed by atoms with E-state index >= 15 is 0 Å². The predicted molar refractivity (Wildman–Crippen MR) is 104 cm³/mol. The van der Waals surface area contributed by atoms with Crippen LogP contribution in [0.5, 0.6) is 0 Å². The molecular formula is C19H24N6O2. The second kappa shape index (κ2) is 7.34. The number of aliphatic hydroxyl groups excluding tert-OH is 1. The molecule has 8 nitrogen and oxygen atoms in total. The number of amidine groups is 1. The van der Waals surface area contributed by atoms with Crippen LogP contribution in [0.1, 0.15) is 37.5 Å². The Balaban J connectivity index is 1.95. The molecule has 27 heavy (non-hydrogen) atoms. The van der Waals surface area contributed by atoms with E-state index in [1.165, 1.54) is 0 Å². The van der Waals surface area contributed by atoms with Gasteiger partial charge >= 0.3 is 0 Å². The summed E-state index contributed by atoms with van der Waals surface area (Å²) in [6.45, 7) is 3.87. The fraction of sp³-hybridized carbons (Fsp3) is 0.316. The van der Waals surface area contributed by atoms with Gasteiger partial charge in [-0.15, -0.1) is 0 Å². The van der Waals surface area contributed by atoms with E-state index in [2.05, 4.69) is 15.2 Å². The summed E-state index contributed by atoms with van der Waals surface area (Å²) in [7, 11) is 1.63. The smallest absolute Gasteiger partial charge is 0.162 e. The van der Waals surface area contributed by atoms with Gasteiger partial charge in [0.1, 0.15) is 5.84 Å². The van der Waals surface area contributed by atoms with E-state index in [-0.39, 0.29) is 5.84 Å². The molecule has 0 saturated carbocycles. The van der Waals surface area contributed by atoms with E-state index in [9.17, 15) is 5.11 Å². The van der Waals surface area contributed by atoms with Crippen molar-refractivity contribution < 1.29 is 9.84 Å². The maximum Gasteiger partial charge on any atom is 0.162 e. The van der Waals surface area contributed by atoms with Gasteiger partial charge in [0.2, 0.25) is 0 Å². The number of nitrogens with two attached hydrogens (primary N) is 2. The Kier molecular flexibility index (Phi) is 5.11. The normalized spacial score (nSPS) is 13.9. The zero-order chi connectivity index (χ0) is 19.6. The molecule has 1 aromatic carbocycles. The first kappa shape index (κ1) is 18.8. The lowest BCUT2D eigenvalue weighted by Gasteiger charge is -2.25. The second-order valence-electron chi connectivity index (χ2n) is 6.99. The van der Waals surface area contributed by atoms with Crippen molar-refractivity contribution in [2.24, 2.45) is 16.7 Å². The first-order valence-corrected chi connectivity index (χ1v) is 8.55. The van der Waals surface area contributed by atoms with Crippen molar-refractivity contribution in [1.29, 1.82) is 0 Å². The number of aliphatic hydroxyl groups is 1. The number of hydrogen-bond donors (Lipinski definition) is 3. The second-order valence-corrected chi connectivity index (χ2v) is 6.99. The molecule has 142 valence electrons. The summed E-state index contributed by atoms with van der Waals surface area (Å²) in [5, 5.41) is 19.3. The standard InChI is InChI=1S/C19H24N6O2/c1-19(2,27-3)9-16(26)13-7-14-11-23-25(18(14)22-10-13)15-6-4-5-12(8-15)17(20)24-21/h4-8,10-11,16,26H,9,21H2,1-3H3,(H2,20,24). The Hall–Kier alpha value is -2.97. The highest BCUT2D eigenvalue weighted by Crippen LogP contribution is 2.27. The minimum Gasteiger partial charge on any atom is -0.388 e. The maximum absolute atomic E-state index is 10.5. The molecule has 1 unspecified atom stereocenters. The highest BCUT2D eigenvalue weighted by molar-refractivity contribution is 5.97. The van der Waals surface area contributed by atoms with E-state index in [0.717, 1.165) is 16.6 Å². The SMILES string of the molecule is COC(C)(C)CC(O)c1cnc2c(cnn2-c2cccc(/C(N)=N/N)c2)c1. The van der Waals surface area contributed by atoms with E-state index in [1.54, 1.807) is 24.2 Å². The molecule has 0 spiro atoms. The average Bonchev–Trinajstić information content (AvgIpc) is 3.10. The fourth-order valence-corrected chi connectivity index (χ4v) is 2.85. The monoisotopic (exact) mass is 368 g/mol. The number of rotatable bonds is 6. The number of hydrazone groups is 1. The van der Waals surface area contributed by atoms with Gasteiger partial charge in [-0.25, -0.2) is 9.67 Å². The summed E-state index contributed by atoms with van der Waals surface area (Å²) >= 11 is 0. The third kappa shape index (κ3) is 3.91. The van der Waals surface area contributed by atoms with Crippen LogP contribution in [-0.4, -0.2) is 38.4 Å². The lowest BCUT2D eigenvalue weighted by molar-refractivity contribution is -0.0201. The number of methoxy groups -OCH3 is 1. The van der Waals surface area contributed by atoms with Crippen molar-refractivity contribution in [3.05, 3.63) is 53.9 Å². The van der Waals surface area contributed by atoms with Crippen molar-refractivity contribution in [3.8, 4) is 5.69 Å². The summed E-state index contributed by atoms with van der Waals surface area (Å²) in [5.74, 6) is 5.50. The lowest BCUT2D eigenvalue weighted by atomic mass is 9.96. The Bertz CT molecular complexity index is 979. The van der Waals surface area contributed by atoms with E-state index in [4.69, 9.17) is 16.3 Å². The van der Waals surface area contributed by atoms with Gasteiger partial charge in [-0.05, 0) is 37.6 Å². The van der Waals surface area contributed by atoms with Crippen molar-refractivity contribution in [2.75, 3.05) is 7.11 Å². The van der Waals surface area contributed by atoms with Gasteiger partial charge in [0.25, 0.3) is 0 Å². The zero-order valence-electron chi connectivity index (χ0n) is 15.6. The maximum atomic E-state index is 10.5. The van der Waals surface area contributed by atoms with Crippen LogP contribution in [0.4, 0.5) is 0 Å². The largest absolute Gasteiger partial charge is 0.388 e. The van der Waals surface area contributed by atoms with E-state index in [1.807, 2.05) is 44.2 Å². The number of aromatic nitrogens is 3. The zero-order valence-corrected chi connectivity index (χ0v) is 15.6. The average molecular weight is 368 g/mol. The van der Waals surface area contributed by atoms with Gasteiger partial charge in [-0.2, -0.15) is 10.2 Å². The van der Waals surface area contributed by atoms with Crippen LogP contribution in [0.2, 0.25) is 0 Å². The molecule has 3 rings (SSSR count). The highest BCUT2D eigenvalue weighted by atomic mass is 16.5. The van der Waals surface area contributed by atoms with Crippen molar-refractivity contribution in [3.63, 3.8) is 0 Å². The molecule has 0 aliphatic heterocycles. The van der Waals surface area contributed by atoms with Crippen LogP contribution in [0.3, 0.4) is 0 Å². The van der Waals surface area contributed by atoms with Crippen LogP contribution < -0.4 is 11.6 Å². The molecular weight excluding hydrogens is 344 g/mol. The molecule has 0 saturated heterocycles. The third-order valence-corrected chi connectivity index (χ3v) is 4.58. The van der Waals surface area contributed by atoms with Crippen LogP contribution in [0.25, 0.3) is 16.7 Å². The summed E-state index contributed by atoms with van der Waals surface area (Å²) in [4.78, 5) is 4.50. The molecule has 5 N–H and O–H groups in total. The number of hydrogen-bond acceptors (Lipinski definition) is 6. The van der Waals surface area contributed by atoms with Gasteiger partial charge < -0.3 is 21.4 Å².